The highest BCUT2D eigenvalue weighted by atomic mass is 16.3. The number of hydrogen-bond donors (Lipinski definition) is 1. The number of hydrogen-bond acceptors (Lipinski definition) is 3. The number of nitrogens with zero attached hydrogens (tertiary/aromatic N) is 3. The minimum absolute atomic E-state index is 0.371. The van der Waals surface area contributed by atoms with E-state index in [1.807, 2.05) is 0 Å². The predicted octanol–water partition coefficient (Wildman–Crippen LogP) is 0.916. The first-order chi connectivity index (χ1) is 6.70. The van der Waals surface area contributed by atoms with E-state index >= 15 is 0 Å². The van der Waals surface area contributed by atoms with Crippen molar-refractivity contribution in [2.24, 2.45) is 5.92 Å². The Labute approximate surface area is 82.9 Å². The lowest BCUT2D eigenvalue weighted by molar-refractivity contribution is 0.194. The molecule has 0 aliphatic heterocycles. The predicted molar refractivity (Wildman–Crippen MR) is 51.2 cm³/mol. The summed E-state index contributed by atoms with van der Waals surface area (Å²) in [5.74, 6) is 3.11. The minimum atomic E-state index is -0.549. The van der Waals surface area contributed by atoms with Crippen molar-refractivity contribution in [1.29, 1.82) is 0 Å². The van der Waals surface area contributed by atoms with E-state index in [0.29, 0.717) is 17.7 Å². The first kappa shape index (κ1) is 9.22. The fourth-order valence-electron chi connectivity index (χ4n) is 1.60. The molecule has 14 heavy (non-hydrogen) atoms. The van der Waals surface area contributed by atoms with Gasteiger partial charge in [-0.15, -0.1) is 17.4 Å². The van der Waals surface area contributed by atoms with Crippen LogP contribution in [0.4, 0.5) is 0 Å². The third kappa shape index (κ3) is 1.51. The Hall–Kier alpha value is -1.34. The summed E-state index contributed by atoms with van der Waals surface area (Å²) in [5.41, 5.74) is 0.620. The maximum absolute atomic E-state index is 9.26. The van der Waals surface area contributed by atoms with Crippen molar-refractivity contribution in [1.82, 2.24) is 15.0 Å². The number of aliphatic hydroxyl groups is 1. The molecule has 1 aromatic heterocycles. The monoisotopic (exact) mass is 191 g/mol. The first-order valence-electron chi connectivity index (χ1n) is 4.76. The van der Waals surface area contributed by atoms with Crippen LogP contribution in [0.1, 0.15) is 37.6 Å². The Morgan fingerprint density at radius 2 is 2.43 bits per heavy atom. The standard InChI is InChI=1S/C10H13N3O/c1-3-8-4-9(5-8)13-6-10(7(2)14)11-12-13/h1,6-9,14H,4-5H2,2H3. The molecule has 4 nitrogen and oxygen atoms in total. The van der Waals surface area contributed by atoms with Gasteiger partial charge in [0, 0.05) is 5.92 Å². The summed E-state index contributed by atoms with van der Waals surface area (Å²) >= 11 is 0. The van der Waals surface area contributed by atoms with E-state index in [1.54, 1.807) is 17.8 Å². The SMILES string of the molecule is C#CC1CC(n2cc(C(C)O)nn2)C1. The molecule has 1 saturated carbocycles. The molecule has 0 bridgehead atoms. The van der Waals surface area contributed by atoms with E-state index in [1.165, 1.54) is 0 Å². The van der Waals surface area contributed by atoms with Crippen LogP contribution in [0.3, 0.4) is 0 Å². The molecule has 1 aromatic rings. The Morgan fingerprint density at radius 1 is 1.71 bits per heavy atom. The lowest BCUT2D eigenvalue weighted by Gasteiger charge is -2.31. The van der Waals surface area contributed by atoms with Gasteiger partial charge in [-0.2, -0.15) is 0 Å². The lowest BCUT2D eigenvalue weighted by Crippen LogP contribution is -2.26. The molecular formula is C10H13N3O. The number of aliphatic hydroxyl groups excluding tert-OH is 1. The fraction of sp³-hybridized carbons (Fsp3) is 0.600. The van der Waals surface area contributed by atoms with Gasteiger partial charge in [0.25, 0.3) is 0 Å². The second-order valence-corrected chi connectivity index (χ2v) is 3.79. The number of aromatic nitrogens is 3. The number of terminal acetylenes is 1. The molecule has 1 fully saturated rings. The smallest absolute Gasteiger partial charge is 0.111 e. The van der Waals surface area contributed by atoms with E-state index < -0.39 is 6.10 Å². The molecule has 1 aliphatic rings. The van der Waals surface area contributed by atoms with Crippen molar-refractivity contribution < 1.29 is 5.11 Å². The van der Waals surface area contributed by atoms with Crippen molar-refractivity contribution in [3.63, 3.8) is 0 Å². The highest BCUT2D eigenvalue weighted by molar-refractivity contribution is 5.04. The molecule has 1 N–H and O–H groups in total. The van der Waals surface area contributed by atoms with Crippen molar-refractivity contribution in [3.05, 3.63) is 11.9 Å². The first-order valence-corrected chi connectivity index (χ1v) is 4.76. The Balaban J connectivity index is 2.02. The van der Waals surface area contributed by atoms with E-state index in [-0.39, 0.29) is 0 Å². The van der Waals surface area contributed by atoms with Crippen LogP contribution in [0.5, 0.6) is 0 Å². The summed E-state index contributed by atoms with van der Waals surface area (Å²) in [6.45, 7) is 1.68. The van der Waals surface area contributed by atoms with Gasteiger partial charge in [0.2, 0.25) is 0 Å². The second kappa shape index (κ2) is 3.43. The molecule has 0 aromatic carbocycles. The van der Waals surface area contributed by atoms with Gasteiger partial charge >= 0.3 is 0 Å². The Kier molecular flexibility index (Phi) is 2.26. The summed E-state index contributed by atoms with van der Waals surface area (Å²) in [4.78, 5) is 0. The maximum Gasteiger partial charge on any atom is 0.111 e. The summed E-state index contributed by atoms with van der Waals surface area (Å²) in [6, 6.07) is 0.371. The van der Waals surface area contributed by atoms with Crippen LogP contribution in [-0.2, 0) is 0 Å². The summed E-state index contributed by atoms with van der Waals surface area (Å²) in [5, 5.41) is 17.1. The molecule has 1 heterocycles. The largest absolute Gasteiger partial charge is 0.387 e. The zero-order valence-corrected chi connectivity index (χ0v) is 8.09. The molecule has 1 aliphatic carbocycles. The van der Waals surface area contributed by atoms with E-state index in [4.69, 9.17) is 6.42 Å². The number of rotatable bonds is 2. The molecule has 0 spiro atoms. The molecule has 0 amide bonds. The summed E-state index contributed by atoms with van der Waals surface area (Å²) in [6.07, 6.45) is 8.48. The lowest BCUT2D eigenvalue weighted by atomic mass is 9.81. The second-order valence-electron chi connectivity index (χ2n) is 3.79. The van der Waals surface area contributed by atoms with Crippen molar-refractivity contribution in [2.75, 3.05) is 0 Å². The molecule has 0 saturated heterocycles. The van der Waals surface area contributed by atoms with Gasteiger partial charge in [-0.05, 0) is 19.8 Å². The molecule has 4 heteroatoms. The third-order valence-corrected chi connectivity index (χ3v) is 2.68. The highest BCUT2D eigenvalue weighted by Crippen LogP contribution is 2.36. The van der Waals surface area contributed by atoms with Gasteiger partial charge in [0.05, 0.1) is 18.3 Å². The van der Waals surface area contributed by atoms with E-state index in [0.717, 1.165) is 12.8 Å². The van der Waals surface area contributed by atoms with Gasteiger partial charge in [0.15, 0.2) is 0 Å². The van der Waals surface area contributed by atoms with Gasteiger partial charge in [-0.25, -0.2) is 4.68 Å². The summed E-state index contributed by atoms with van der Waals surface area (Å²) < 4.78 is 1.80. The quantitative estimate of drug-likeness (QED) is 0.707. The van der Waals surface area contributed by atoms with Crippen LogP contribution in [0, 0.1) is 18.3 Å². The zero-order valence-electron chi connectivity index (χ0n) is 8.09. The fourth-order valence-corrected chi connectivity index (χ4v) is 1.60. The summed E-state index contributed by atoms with van der Waals surface area (Å²) in [7, 11) is 0. The van der Waals surface area contributed by atoms with Crippen LogP contribution in [0.2, 0.25) is 0 Å². The zero-order chi connectivity index (χ0) is 10.1. The average Bonchev–Trinajstić information content (AvgIpc) is 2.51. The van der Waals surface area contributed by atoms with Gasteiger partial charge in [0.1, 0.15) is 5.69 Å². The van der Waals surface area contributed by atoms with Gasteiger partial charge in [-0.1, -0.05) is 5.21 Å². The molecule has 1 atom stereocenters. The van der Waals surface area contributed by atoms with Crippen LogP contribution >= 0.6 is 0 Å². The molecule has 74 valence electrons. The molecule has 0 radical (unpaired) electrons. The normalized spacial score (nSPS) is 27.8. The average molecular weight is 191 g/mol. The Bertz CT molecular complexity index is 358. The topological polar surface area (TPSA) is 50.9 Å². The van der Waals surface area contributed by atoms with Crippen molar-refractivity contribution >= 4 is 0 Å². The maximum atomic E-state index is 9.26. The Morgan fingerprint density at radius 3 is 2.93 bits per heavy atom. The van der Waals surface area contributed by atoms with Crippen LogP contribution in [0.15, 0.2) is 6.20 Å². The minimum Gasteiger partial charge on any atom is -0.387 e. The van der Waals surface area contributed by atoms with Gasteiger partial charge in [-0.3, -0.25) is 0 Å². The van der Waals surface area contributed by atoms with E-state index in [2.05, 4.69) is 16.2 Å². The van der Waals surface area contributed by atoms with Crippen LogP contribution in [0.25, 0.3) is 0 Å². The molecule has 2 rings (SSSR count). The van der Waals surface area contributed by atoms with Crippen LogP contribution in [-0.4, -0.2) is 20.1 Å². The van der Waals surface area contributed by atoms with E-state index in [9.17, 15) is 5.11 Å². The highest BCUT2D eigenvalue weighted by Gasteiger charge is 2.30. The van der Waals surface area contributed by atoms with Crippen molar-refractivity contribution in [3.8, 4) is 12.3 Å². The van der Waals surface area contributed by atoms with Gasteiger partial charge < -0.3 is 5.11 Å². The van der Waals surface area contributed by atoms with Crippen molar-refractivity contribution in [2.45, 2.75) is 31.9 Å². The molecule has 1 unspecified atom stereocenters. The molecular weight excluding hydrogens is 178 g/mol. The van der Waals surface area contributed by atoms with Crippen LogP contribution < -0.4 is 0 Å². The third-order valence-electron chi connectivity index (χ3n) is 2.68.